The molecular formula is C15H14ClNO3. The second kappa shape index (κ2) is 5.84. The summed E-state index contributed by atoms with van der Waals surface area (Å²) in [7, 11) is 3.04. The largest absolute Gasteiger partial charge is 0.497 e. The van der Waals surface area contributed by atoms with E-state index in [4.69, 9.17) is 26.8 Å². The molecular weight excluding hydrogens is 278 g/mol. The highest BCUT2D eigenvalue weighted by molar-refractivity contribution is 6.32. The SMILES string of the molecule is COc1ccc(C(=O)c2ccc(Cl)c(OC)c2)c(N)c1. The molecule has 0 atom stereocenters. The lowest BCUT2D eigenvalue weighted by Crippen LogP contribution is -2.06. The first-order valence-corrected chi connectivity index (χ1v) is 6.26. The van der Waals surface area contributed by atoms with Crippen molar-refractivity contribution in [3.05, 3.63) is 52.5 Å². The predicted octanol–water partition coefficient (Wildman–Crippen LogP) is 3.17. The highest BCUT2D eigenvalue weighted by Gasteiger charge is 2.14. The Morgan fingerprint density at radius 3 is 2.45 bits per heavy atom. The van der Waals surface area contributed by atoms with Gasteiger partial charge in [-0.3, -0.25) is 4.79 Å². The number of benzene rings is 2. The molecule has 2 N–H and O–H groups in total. The van der Waals surface area contributed by atoms with Crippen LogP contribution in [0.5, 0.6) is 11.5 Å². The molecule has 2 rings (SSSR count). The molecule has 104 valence electrons. The lowest BCUT2D eigenvalue weighted by atomic mass is 10.0. The number of nitrogens with two attached hydrogens (primary N) is 1. The number of ether oxygens (including phenoxy) is 2. The van der Waals surface area contributed by atoms with E-state index >= 15 is 0 Å². The fraction of sp³-hybridized carbons (Fsp3) is 0.133. The molecule has 0 amide bonds. The Morgan fingerprint density at radius 1 is 1.10 bits per heavy atom. The standard InChI is InChI=1S/C15H14ClNO3/c1-19-10-4-5-11(13(17)8-10)15(18)9-3-6-12(16)14(7-9)20-2/h3-8H,17H2,1-2H3. The zero-order valence-corrected chi connectivity index (χ0v) is 11.9. The molecule has 0 bridgehead atoms. The van der Waals surface area contributed by atoms with E-state index in [1.165, 1.54) is 7.11 Å². The van der Waals surface area contributed by atoms with Crippen LogP contribution in [0.15, 0.2) is 36.4 Å². The molecule has 0 fully saturated rings. The number of methoxy groups -OCH3 is 2. The third-order valence-electron chi connectivity index (χ3n) is 2.92. The van der Waals surface area contributed by atoms with Gasteiger partial charge < -0.3 is 15.2 Å². The molecule has 0 unspecified atom stereocenters. The van der Waals surface area contributed by atoms with Crippen LogP contribution in [0.25, 0.3) is 0 Å². The van der Waals surface area contributed by atoms with E-state index in [1.54, 1.807) is 43.5 Å². The van der Waals surface area contributed by atoms with Gasteiger partial charge in [0.05, 0.1) is 19.2 Å². The highest BCUT2D eigenvalue weighted by Crippen LogP contribution is 2.28. The summed E-state index contributed by atoms with van der Waals surface area (Å²) in [4.78, 5) is 12.4. The summed E-state index contributed by atoms with van der Waals surface area (Å²) < 4.78 is 10.2. The minimum absolute atomic E-state index is 0.194. The number of carbonyl (C=O) groups excluding carboxylic acids is 1. The van der Waals surface area contributed by atoms with E-state index < -0.39 is 0 Å². The Hall–Kier alpha value is -2.20. The Bertz CT molecular complexity index is 656. The molecule has 0 aliphatic rings. The molecule has 0 heterocycles. The molecule has 0 aromatic heterocycles. The van der Waals surface area contributed by atoms with E-state index in [9.17, 15) is 4.79 Å². The summed E-state index contributed by atoms with van der Waals surface area (Å²) in [5, 5.41) is 0.451. The second-order valence-corrected chi connectivity index (χ2v) is 4.54. The summed E-state index contributed by atoms with van der Waals surface area (Å²) in [5.74, 6) is 0.859. The molecule has 0 saturated heterocycles. The minimum atomic E-state index is -0.194. The van der Waals surface area contributed by atoms with E-state index in [1.807, 2.05) is 0 Å². The fourth-order valence-corrected chi connectivity index (χ4v) is 2.03. The predicted molar refractivity (Wildman–Crippen MR) is 78.8 cm³/mol. The van der Waals surface area contributed by atoms with Gasteiger partial charge in [-0.2, -0.15) is 0 Å². The topological polar surface area (TPSA) is 61.5 Å². The Balaban J connectivity index is 2.41. The molecule has 20 heavy (non-hydrogen) atoms. The quantitative estimate of drug-likeness (QED) is 0.694. The van der Waals surface area contributed by atoms with Crippen LogP contribution in [0.3, 0.4) is 0 Å². The van der Waals surface area contributed by atoms with Gasteiger partial charge in [-0.05, 0) is 30.3 Å². The van der Waals surface area contributed by atoms with Crippen molar-refractivity contribution in [3.63, 3.8) is 0 Å². The maximum absolute atomic E-state index is 12.4. The van der Waals surface area contributed by atoms with Crippen LogP contribution in [0.1, 0.15) is 15.9 Å². The van der Waals surface area contributed by atoms with Crippen molar-refractivity contribution in [2.24, 2.45) is 0 Å². The van der Waals surface area contributed by atoms with Crippen LogP contribution in [0.2, 0.25) is 5.02 Å². The fourth-order valence-electron chi connectivity index (χ4n) is 1.83. The van der Waals surface area contributed by atoms with Crippen LogP contribution in [0.4, 0.5) is 5.69 Å². The maximum atomic E-state index is 12.4. The van der Waals surface area contributed by atoms with Crippen molar-refractivity contribution in [2.75, 3.05) is 20.0 Å². The molecule has 2 aromatic carbocycles. The van der Waals surface area contributed by atoms with Gasteiger partial charge in [-0.1, -0.05) is 11.6 Å². The Morgan fingerprint density at radius 2 is 1.85 bits per heavy atom. The first-order chi connectivity index (χ1) is 9.56. The summed E-state index contributed by atoms with van der Waals surface area (Å²) in [6.07, 6.45) is 0. The van der Waals surface area contributed by atoms with Gasteiger partial charge in [-0.25, -0.2) is 0 Å². The molecule has 0 aliphatic carbocycles. The van der Waals surface area contributed by atoms with Crippen molar-refractivity contribution in [2.45, 2.75) is 0 Å². The smallest absolute Gasteiger partial charge is 0.195 e. The number of carbonyl (C=O) groups is 1. The van der Waals surface area contributed by atoms with Crippen LogP contribution >= 0.6 is 11.6 Å². The second-order valence-electron chi connectivity index (χ2n) is 4.13. The van der Waals surface area contributed by atoms with Gasteiger partial charge in [0.2, 0.25) is 0 Å². The van der Waals surface area contributed by atoms with Gasteiger partial charge in [0.25, 0.3) is 0 Å². The monoisotopic (exact) mass is 291 g/mol. The number of halogens is 1. The van der Waals surface area contributed by atoms with E-state index in [0.29, 0.717) is 33.3 Å². The average Bonchev–Trinajstić information content (AvgIpc) is 2.47. The molecule has 4 nitrogen and oxygen atoms in total. The zero-order valence-electron chi connectivity index (χ0n) is 11.1. The molecule has 0 saturated carbocycles. The van der Waals surface area contributed by atoms with Gasteiger partial charge >= 0.3 is 0 Å². The molecule has 0 aliphatic heterocycles. The molecule has 0 spiro atoms. The first kappa shape index (κ1) is 14.2. The zero-order chi connectivity index (χ0) is 14.7. The number of hydrogen-bond donors (Lipinski definition) is 1. The summed E-state index contributed by atoms with van der Waals surface area (Å²) >= 11 is 5.94. The number of hydrogen-bond acceptors (Lipinski definition) is 4. The van der Waals surface area contributed by atoms with Gasteiger partial charge in [-0.15, -0.1) is 0 Å². The third kappa shape index (κ3) is 2.70. The number of anilines is 1. The van der Waals surface area contributed by atoms with E-state index in [2.05, 4.69) is 0 Å². The lowest BCUT2D eigenvalue weighted by molar-refractivity contribution is 0.103. The first-order valence-electron chi connectivity index (χ1n) is 5.88. The van der Waals surface area contributed by atoms with Crippen molar-refractivity contribution >= 4 is 23.1 Å². The Kier molecular flexibility index (Phi) is 4.15. The normalized spacial score (nSPS) is 10.2. The van der Waals surface area contributed by atoms with Crippen LogP contribution in [-0.2, 0) is 0 Å². The van der Waals surface area contributed by atoms with Gasteiger partial charge in [0.15, 0.2) is 5.78 Å². The van der Waals surface area contributed by atoms with Gasteiger partial charge in [0, 0.05) is 22.9 Å². The number of ketones is 1. The average molecular weight is 292 g/mol. The minimum Gasteiger partial charge on any atom is -0.497 e. The van der Waals surface area contributed by atoms with Crippen LogP contribution in [0, 0.1) is 0 Å². The van der Waals surface area contributed by atoms with E-state index in [0.717, 1.165) is 0 Å². The number of nitrogen functional groups attached to an aromatic ring is 1. The van der Waals surface area contributed by atoms with Gasteiger partial charge in [0.1, 0.15) is 11.5 Å². The molecule has 0 radical (unpaired) electrons. The molecule has 5 heteroatoms. The van der Waals surface area contributed by atoms with Crippen LogP contribution in [-0.4, -0.2) is 20.0 Å². The van der Waals surface area contributed by atoms with Crippen molar-refractivity contribution in [3.8, 4) is 11.5 Å². The summed E-state index contributed by atoms with van der Waals surface area (Å²) in [5.41, 5.74) is 7.12. The molecule has 2 aromatic rings. The maximum Gasteiger partial charge on any atom is 0.195 e. The van der Waals surface area contributed by atoms with Crippen molar-refractivity contribution < 1.29 is 14.3 Å². The summed E-state index contributed by atoms with van der Waals surface area (Å²) in [6, 6.07) is 9.78. The van der Waals surface area contributed by atoms with E-state index in [-0.39, 0.29) is 5.78 Å². The Labute approximate surface area is 122 Å². The lowest BCUT2D eigenvalue weighted by Gasteiger charge is -2.09. The van der Waals surface area contributed by atoms with Crippen molar-refractivity contribution in [1.82, 2.24) is 0 Å². The highest BCUT2D eigenvalue weighted by atomic mass is 35.5. The number of rotatable bonds is 4. The van der Waals surface area contributed by atoms with Crippen LogP contribution < -0.4 is 15.2 Å². The third-order valence-corrected chi connectivity index (χ3v) is 3.23. The van der Waals surface area contributed by atoms with Crippen molar-refractivity contribution in [1.29, 1.82) is 0 Å². The summed E-state index contributed by atoms with van der Waals surface area (Å²) in [6.45, 7) is 0.